The van der Waals surface area contributed by atoms with Crippen molar-refractivity contribution in [2.45, 2.75) is 0 Å². The molecule has 0 spiro atoms. The molecule has 0 bridgehead atoms. The summed E-state index contributed by atoms with van der Waals surface area (Å²) >= 11 is 3.47. The van der Waals surface area contributed by atoms with Crippen molar-refractivity contribution in [3.63, 3.8) is 0 Å². The predicted octanol–water partition coefficient (Wildman–Crippen LogP) is 2.88. The minimum Gasteiger partial charge on any atom is -0.351 e. The molecule has 2 aromatic rings. The second kappa shape index (κ2) is 7.91. The monoisotopic (exact) mass is 362 g/mol. The minimum absolute atomic E-state index is 0.109. The number of carbonyl (C=O) groups is 1. The molecular formula is C16H19BrN4O. The fourth-order valence-electron chi connectivity index (χ4n) is 1.80. The van der Waals surface area contributed by atoms with Crippen LogP contribution in [0.2, 0.25) is 0 Å². The maximum absolute atomic E-state index is 12.0. The molecule has 0 fully saturated rings. The molecule has 22 heavy (non-hydrogen) atoms. The Hall–Kier alpha value is -1.92. The summed E-state index contributed by atoms with van der Waals surface area (Å²) in [5, 5.41) is 6.06. The third-order valence-electron chi connectivity index (χ3n) is 3.01. The van der Waals surface area contributed by atoms with Gasteiger partial charge < -0.3 is 15.5 Å². The van der Waals surface area contributed by atoms with Crippen LogP contribution in [0, 0.1) is 0 Å². The highest BCUT2D eigenvalue weighted by Gasteiger charge is 2.06. The summed E-state index contributed by atoms with van der Waals surface area (Å²) in [6.07, 6.45) is 1.57. The van der Waals surface area contributed by atoms with Gasteiger partial charge in [0.25, 0.3) is 5.91 Å². The first-order chi connectivity index (χ1) is 10.6. The van der Waals surface area contributed by atoms with Gasteiger partial charge in [-0.05, 0) is 54.3 Å². The second-order valence-electron chi connectivity index (χ2n) is 5.10. The zero-order valence-corrected chi connectivity index (χ0v) is 14.2. The van der Waals surface area contributed by atoms with Crippen LogP contribution in [0.5, 0.6) is 0 Å². The number of amides is 1. The Balaban J connectivity index is 1.95. The van der Waals surface area contributed by atoms with E-state index in [9.17, 15) is 4.79 Å². The third kappa shape index (κ3) is 4.82. The lowest BCUT2D eigenvalue weighted by Gasteiger charge is -2.11. The molecule has 116 valence electrons. The quantitative estimate of drug-likeness (QED) is 0.829. The van der Waals surface area contributed by atoms with Gasteiger partial charge in [0.2, 0.25) is 0 Å². The van der Waals surface area contributed by atoms with Gasteiger partial charge in [-0.3, -0.25) is 4.79 Å². The van der Waals surface area contributed by atoms with Gasteiger partial charge in [-0.2, -0.15) is 0 Å². The zero-order valence-electron chi connectivity index (χ0n) is 12.6. The van der Waals surface area contributed by atoms with Crippen LogP contribution >= 0.6 is 15.9 Å². The first-order valence-electron chi connectivity index (χ1n) is 6.97. The van der Waals surface area contributed by atoms with Gasteiger partial charge in [-0.25, -0.2) is 4.98 Å². The van der Waals surface area contributed by atoms with E-state index >= 15 is 0 Å². The van der Waals surface area contributed by atoms with Crippen LogP contribution < -0.4 is 10.6 Å². The molecule has 2 N–H and O–H groups in total. The van der Waals surface area contributed by atoms with Gasteiger partial charge >= 0.3 is 0 Å². The number of likely N-dealkylation sites (N-methyl/N-ethyl adjacent to an activating group) is 1. The Morgan fingerprint density at radius 1 is 1.23 bits per heavy atom. The first kappa shape index (κ1) is 16.5. The van der Waals surface area contributed by atoms with Crippen molar-refractivity contribution in [1.82, 2.24) is 15.2 Å². The number of carbonyl (C=O) groups excluding carboxylic acids is 1. The van der Waals surface area contributed by atoms with Crippen LogP contribution in [0.25, 0.3) is 0 Å². The van der Waals surface area contributed by atoms with E-state index in [0.717, 1.165) is 16.7 Å². The lowest BCUT2D eigenvalue weighted by molar-refractivity contribution is 0.0950. The Morgan fingerprint density at radius 3 is 2.64 bits per heavy atom. The van der Waals surface area contributed by atoms with E-state index < -0.39 is 0 Å². The molecule has 6 heteroatoms. The molecule has 1 aromatic heterocycles. The number of aromatic nitrogens is 1. The topological polar surface area (TPSA) is 57.3 Å². The lowest BCUT2D eigenvalue weighted by Crippen LogP contribution is -2.31. The van der Waals surface area contributed by atoms with Crippen LogP contribution in [0.15, 0.2) is 47.1 Å². The summed E-state index contributed by atoms with van der Waals surface area (Å²) in [4.78, 5) is 18.2. The van der Waals surface area contributed by atoms with E-state index in [2.05, 4.69) is 31.5 Å². The fourth-order valence-corrected chi connectivity index (χ4v) is 2.18. The standard InChI is InChI=1S/C16H19BrN4O/c1-21(2)10-9-18-16(22)12-7-8-15(19-11-12)20-14-6-4-3-5-13(14)17/h3-8,11H,9-10H2,1-2H3,(H,18,22)(H,19,20). The number of pyridine rings is 1. The van der Waals surface area contributed by atoms with E-state index in [1.54, 1.807) is 18.3 Å². The van der Waals surface area contributed by atoms with Gasteiger partial charge in [0.1, 0.15) is 5.82 Å². The number of hydrogen-bond donors (Lipinski definition) is 2. The molecule has 0 atom stereocenters. The number of nitrogens with zero attached hydrogens (tertiary/aromatic N) is 2. The number of benzene rings is 1. The van der Waals surface area contributed by atoms with E-state index in [4.69, 9.17) is 0 Å². The van der Waals surface area contributed by atoms with Crippen LogP contribution in [-0.2, 0) is 0 Å². The molecule has 0 aliphatic heterocycles. The molecule has 0 saturated carbocycles. The van der Waals surface area contributed by atoms with Gasteiger partial charge in [0, 0.05) is 23.8 Å². The molecular weight excluding hydrogens is 344 g/mol. The summed E-state index contributed by atoms with van der Waals surface area (Å²) in [6, 6.07) is 11.4. The van der Waals surface area contributed by atoms with Crippen molar-refractivity contribution < 1.29 is 4.79 Å². The second-order valence-corrected chi connectivity index (χ2v) is 5.95. The average Bonchev–Trinajstić information content (AvgIpc) is 2.50. The van der Waals surface area contributed by atoms with Crippen molar-refractivity contribution in [1.29, 1.82) is 0 Å². The van der Waals surface area contributed by atoms with Crippen LogP contribution in [-0.4, -0.2) is 43.0 Å². The number of anilines is 2. The number of hydrogen-bond acceptors (Lipinski definition) is 4. The molecule has 0 unspecified atom stereocenters. The molecule has 1 amide bonds. The SMILES string of the molecule is CN(C)CCNC(=O)c1ccc(Nc2ccccc2Br)nc1. The lowest BCUT2D eigenvalue weighted by atomic mass is 10.2. The Bertz CT molecular complexity index is 628. The largest absolute Gasteiger partial charge is 0.351 e. The van der Waals surface area contributed by atoms with Gasteiger partial charge in [-0.1, -0.05) is 12.1 Å². The zero-order chi connectivity index (χ0) is 15.9. The maximum atomic E-state index is 12.0. The van der Waals surface area contributed by atoms with Crippen molar-refractivity contribution in [3.8, 4) is 0 Å². The Labute approximate surface area is 138 Å². The van der Waals surface area contributed by atoms with E-state index in [-0.39, 0.29) is 5.91 Å². The van der Waals surface area contributed by atoms with Crippen LogP contribution in [0.3, 0.4) is 0 Å². The molecule has 0 aliphatic carbocycles. The first-order valence-corrected chi connectivity index (χ1v) is 7.76. The molecule has 5 nitrogen and oxygen atoms in total. The average molecular weight is 363 g/mol. The summed E-state index contributed by atoms with van der Waals surface area (Å²) in [6.45, 7) is 1.42. The van der Waals surface area contributed by atoms with Gasteiger partial charge in [0.05, 0.1) is 11.3 Å². The fraction of sp³-hybridized carbons (Fsp3) is 0.250. The van der Waals surface area contributed by atoms with Gasteiger partial charge in [-0.15, -0.1) is 0 Å². The number of para-hydroxylation sites is 1. The highest BCUT2D eigenvalue weighted by molar-refractivity contribution is 9.10. The summed E-state index contributed by atoms with van der Waals surface area (Å²) < 4.78 is 0.960. The van der Waals surface area contributed by atoms with Crippen molar-refractivity contribution >= 4 is 33.3 Å². The molecule has 0 saturated heterocycles. The number of rotatable bonds is 6. The molecule has 0 aliphatic rings. The van der Waals surface area contributed by atoms with Crippen molar-refractivity contribution in [2.24, 2.45) is 0 Å². The molecule has 1 aromatic carbocycles. The van der Waals surface area contributed by atoms with Crippen molar-refractivity contribution in [3.05, 3.63) is 52.6 Å². The van der Waals surface area contributed by atoms with Crippen LogP contribution in [0.1, 0.15) is 10.4 Å². The number of nitrogens with one attached hydrogen (secondary N) is 2. The number of halogens is 1. The molecule has 0 radical (unpaired) electrons. The summed E-state index contributed by atoms with van der Waals surface area (Å²) in [5.74, 6) is 0.582. The molecule has 2 rings (SSSR count). The van der Waals surface area contributed by atoms with Crippen molar-refractivity contribution in [2.75, 3.05) is 32.5 Å². The molecule has 1 heterocycles. The Kier molecular flexibility index (Phi) is 5.91. The Morgan fingerprint density at radius 2 is 2.00 bits per heavy atom. The summed E-state index contributed by atoms with van der Waals surface area (Å²) in [5.41, 5.74) is 1.48. The van der Waals surface area contributed by atoms with Crippen LogP contribution in [0.4, 0.5) is 11.5 Å². The van der Waals surface area contributed by atoms with Gasteiger partial charge in [0.15, 0.2) is 0 Å². The normalized spacial score (nSPS) is 10.5. The van der Waals surface area contributed by atoms with E-state index in [1.165, 1.54) is 0 Å². The minimum atomic E-state index is -0.109. The maximum Gasteiger partial charge on any atom is 0.252 e. The van der Waals surface area contributed by atoms with E-state index in [1.807, 2.05) is 43.3 Å². The highest BCUT2D eigenvalue weighted by atomic mass is 79.9. The smallest absolute Gasteiger partial charge is 0.252 e. The van der Waals surface area contributed by atoms with E-state index in [0.29, 0.717) is 17.9 Å². The highest BCUT2D eigenvalue weighted by Crippen LogP contribution is 2.24. The predicted molar refractivity (Wildman–Crippen MR) is 92.5 cm³/mol. The third-order valence-corrected chi connectivity index (χ3v) is 3.70. The summed E-state index contributed by atoms with van der Waals surface area (Å²) in [7, 11) is 3.94.